The van der Waals surface area contributed by atoms with Crippen LogP contribution in [0.5, 0.6) is 0 Å². The van der Waals surface area contributed by atoms with Crippen LogP contribution in [0.1, 0.15) is 15.4 Å². The number of thiazole rings is 1. The minimum Gasteiger partial charge on any atom is -0.375 e. The molecule has 2 aromatic heterocycles. The summed E-state index contributed by atoms with van der Waals surface area (Å²) in [5.74, 6) is -0.189. The van der Waals surface area contributed by atoms with Crippen LogP contribution in [0.15, 0.2) is 48.8 Å². The van der Waals surface area contributed by atoms with Gasteiger partial charge in [-0.3, -0.25) is 4.79 Å². The Bertz CT molecular complexity index is 777. The number of nitrogens with two attached hydrogens (primary N) is 1. The molecule has 3 aromatic rings. The number of hydrogen-bond donors (Lipinski definition) is 2. The summed E-state index contributed by atoms with van der Waals surface area (Å²) in [4.78, 5) is 16.8. The molecule has 2 heterocycles. The Morgan fingerprint density at radius 3 is 2.71 bits per heavy atom. The summed E-state index contributed by atoms with van der Waals surface area (Å²) in [5.41, 5.74) is 7.99. The van der Waals surface area contributed by atoms with Crippen molar-refractivity contribution < 1.29 is 4.79 Å². The van der Waals surface area contributed by atoms with Crippen molar-refractivity contribution in [1.29, 1.82) is 0 Å². The van der Waals surface area contributed by atoms with E-state index in [9.17, 15) is 4.79 Å². The molecule has 21 heavy (non-hydrogen) atoms. The number of carbonyl (C=O) groups excluding carboxylic acids is 1. The number of aryl methyl sites for hydroxylation is 1. The molecule has 0 saturated heterocycles. The van der Waals surface area contributed by atoms with E-state index in [2.05, 4.69) is 10.3 Å². The summed E-state index contributed by atoms with van der Waals surface area (Å²) in [6.45, 7) is 1.78. The molecule has 0 bridgehead atoms. The summed E-state index contributed by atoms with van der Waals surface area (Å²) in [5, 5.41) is 3.28. The fraction of sp³-hybridized carbons (Fsp3) is 0.0667. The lowest BCUT2D eigenvalue weighted by molar-refractivity contribution is 0.103. The molecular weight excluding hydrogens is 284 g/mol. The van der Waals surface area contributed by atoms with E-state index in [0.29, 0.717) is 15.7 Å². The third-order valence-electron chi connectivity index (χ3n) is 3.03. The van der Waals surface area contributed by atoms with Crippen molar-refractivity contribution in [2.45, 2.75) is 6.92 Å². The summed E-state index contributed by atoms with van der Waals surface area (Å²) in [6.07, 6.45) is 3.91. The van der Waals surface area contributed by atoms with Gasteiger partial charge < -0.3 is 15.6 Å². The van der Waals surface area contributed by atoms with Crippen LogP contribution in [0.4, 0.5) is 10.8 Å². The van der Waals surface area contributed by atoms with E-state index in [1.54, 1.807) is 6.92 Å². The number of aromatic nitrogens is 2. The van der Waals surface area contributed by atoms with Gasteiger partial charge in [0, 0.05) is 23.8 Å². The van der Waals surface area contributed by atoms with Gasteiger partial charge in [-0.2, -0.15) is 0 Å². The monoisotopic (exact) mass is 298 g/mol. The van der Waals surface area contributed by atoms with E-state index < -0.39 is 0 Å². The molecular formula is C15H14N4OS. The molecule has 3 N–H and O–H groups in total. The number of hydrogen-bond acceptors (Lipinski definition) is 4. The lowest BCUT2D eigenvalue weighted by Gasteiger charge is -2.07. The van der Waals surface area contributed by atoms with Crippen molar-refractivity contribution >= 4 is 28.1 Å². The van der Waals surface area contributed by atoms with E-state index in [-0.39, 0.29) is 5.91 Å². The van der Waals surface area contributed by atoms with Crippen molar-refractivity contribution in [3.63, 3.8) is 0 Å². The van der Waals surface area contributed by atoms with Crippen molar-refractivity contribution in [1.82, 2.24) is 9.55 Å². The minimum absolute atomic E-state index is 0.189. The highest BCUT2D eigenvalue weighted by molar-refractivity contribution is 7.17. The van der Waals surface area contributed by atoms with Crippen molar-refractivity contribution in [3.8, 4) is 5.69 Å². The molecule has 1 aromatic carbocycles. The largest absolute Gasteiger partial charge is 0.375 e. The molecule has 0 unspecified atom stereocenters. The van der Waals surface area contributed by atoms with Crippen LogP contribution in [-0.4, -0.2) is 15.5 Å². The van der Waals surface area contributed by atoms with Crippen LogP contribution in [-0.2, 0) is 0 Å². The molecule has 106 valence electrons. The van der Waals surface area contributed by atoms with Crippen LogP contribution < -0.4 is 11.1 Å². The van der Waals surface area contributed by atoms with Crippen LogP contribution in [0, 0.1) is 6.92 Å². The van der Waals surface area contributed by atoms with Gasteiger partial charge in [0.2, 0.25) is 0 Å². The number of nitrogens with one attached hydrogen (secondary N) is 1. The Hall–Kier alpha value is -2.60. The normalized spacial score (nSPS) is 10.5. The minimum atomic E-state index is -0.189. The SMILES string of the molecule is Cc1nc(N)sc1C(=O)Nc1cccc(-n2cccc2)c1. The van der Waals surface area contributed by atoms with Gasteiger partial charge >= 0.3 is 0 Å². The molecule has 0 aliphatic carbocycles. The van der Waals surface area contributed by atoms with E-state index in [4.69, 9.17) is 5.73 Å². The van der Waals surface area contributed by atoms with Gasteiger partial charge in [-0.15, -0.1) is 0 Å². The third kappa shape index (κ3) is 2.80. The third-order valence-corrected chi connectivity index (χ3v) is 4.01. The zero-order chi connectivity index (χ0) is 14.8. The topological polar surface area (TPSA) is 72.9 Å². The Kier molecular flexibility index (Phi) is 3.45. The Morgan fingerprint density at radius 2 is 2.05 bits per heavy atom. The number of amides is 1. The number of rotatable bonds is 3. The first-order valence-electron chi connectivity index (χ1n) is 6.41. The van der Waals surface area contributed by atoms with Gasteiger partial charge in [0.05, 0.1) is 5.69 Å². The molecule has 0 aliphatic rings. The van der Waals surface area contributed by atoms with Crippen LogP contribution in [0.25, 0.3) is 5.69 Å². The molecule has 3 rings (SSSR count). The average molecular weight is 298 g/mol. The Balaban J connectivity index is 1.84. The number of anilines is 2. The molecule has 0 saturated carbocycles. The molecule has 5 nitrogen and oxygen atoms in total. The predicted octanol–water partition coefficient (Wildman–Crippen LogP) is 3.08. The van der Waals surface area contributed by atoms with Crippen LogP contribution in [0.3, 0.4) is 0 Å². The van der Waals surface area contributed by atoms with Gasteiger partial charge in [-0.1, -0.05) is 17.4 Å². The van der Waals surface area contributed by atoms with Crippen LogP contribution in [0.2, 0.25) is 0 Å². The van der Waals surface area contributed by atoms with Crippen molar-refractivity contribution in [2.75, 3.05) is 11.1 Å². The molecule has 0 aliphatic heterocycles. The Morgan fingerprint density at radius 1 is 1.29 bits per heavy atom. The summed E-state index contributed by atoms with van der Waals surface area (Å²) >= 11 is 1.19. The quantitative estimate of drug-likeness (QED) is 0.780. The predicted molar refractivity (Wildman–Crippen MR) is 85.0 cm³/mol. The smallest absolute Gasteiger partial charge is 0.267 e. The van der Waals surface area contributed by atoms with Gasteiger partial charge in [0.25, 0.3) is 5.91 Å². The maximum atomic E-state index is 12.2. The first kappa shape index (κ1) is 13.4. The molecule has 0 radical (unpaired) electrons. The van der Waals surface area contributed by atoms with Gasteiger partial charge in [0.15, 0.2) is 5.13 Å². The first-order valence-corrected chi connectivity index (χ1v) is 7.23. The molecule has 6 heteroatoms. The highest BCUT2D eigenvalue weighted by Crippen LogP contribution is 2.22. The van der Waals surface area contributed by atoms with Crippen LogP contribution >= 0.6 is 11.3 Å². The summed E-state index contributed by atoms with van der Waals surface area (Å²) < 4.78 is 1.98. The second-order valence-corrected chi connectivity index (χ2v) is 5.59. The molecule has 0 fully saturated rings. The molecule has 0 spiro atoms. The van der Waals surface area contributed by atoms with Gasteiger partial charge in [-0.05, 0) is 37.3 Å². The Labute approximate surface area is 126 Å². The number of nitrogens with zero attached hydrogens (tertiary/aromatic N) is 2. The lowest BCUT2D eigenvalue weighted by Crippen LogP contribution is -2.11. The van der Waals surface area contributed by atoms with Gasteiger partial charge in [0.1, 0.15) is 4.88 Å². The van der Waals surface area contributed by atoms with E-state index >= 15 is 0 Å². The summed E-state index contributed by atoms with van der Waals surface area (Å²) in [7, 11) is 0. The second kappa shape index (κ2) is 5.41. The highest BCUT2D eigenvalue weighted by atomic mass is 32.1. The highest BCUT2D eigenvalue weighted by Gasteiger charge is 2.14. The van der Waals surface area contributed by atoms with Crippen molar-refractivity contribution in [2.24, 2.45) is 0 Å². The zero-order valence-electron chi connectivity index (χ0n) is 11.4. The van der Waals surface area contributed by atoms with E-state index in [1.807, 2.05) is 53.4 Å². The lowest BCUT2D eigenvalue weighted by atomic mass is 10.2. The number of nitrogen functional groups attached to an aromatic ring is 1. The maximum absolute atomic E-state index is 12.2. The van der Waals surface area contributed by atoms with E-state index in [1.165, 1.54) is 11.3 Å². The average Bonchev–Trinajstić information content (AvgIpc) is 3.08. The standard InChI is InChI=1S/C15H14N4OS/c1-10-13(21-15(16)17-10)14(20)18-11-5-4-6-12(9-11)19-7-2-3-8-19/h2-9H,1H3,(H2,16,17)(H,18,20). The number of carbonyl (C=O) groups is 1. The summed E-state index contributed by atoms with van der Waals surface area (Å²) in [6, 6.07) is 11.6. The first-order chi connectivity index (χ1) is 10.1. The number of benzene rings is 1. The zero-order valence-corrected chi connectivity index (χ0v) is 12.2. The van der Waals surface area contributed by atoms with Gasteiger partial charge in [-0.25, -0.2) is 4.98 Å². The second-order valence-electron chi connectivity index (χ2n) is 4.56. The molecule has 0 atom stereocenters. The van der Waals surface area contributed by atoms with Crippen molar-refractivity contribution in [3.05, 3.63) is 59.4 Å². The van der Waals surface area contributed by atoms with E-state index in [0.717, 1.165) is 11.4 Å². The maximum Gasteiger partial charge on any atom is 0.267 e. The molecule has 1 amide bonds. The fourth-order valence-corrected chi connectivity index (χ4v) is 2.80. The fourth-order valence-electron chi connectivity index (χ4n) is 2.07.